The topological polar surface area (TPSA) is 177 Å². The second-order valence-electron chi connectivity index (χ2n) is 32.4. The summed E-state index contributed by atoms with van der Waals surface area (Å²) >= 11 is 0. The van der Waals surface area contributed by atoms with Crippen LogP contribution in [0.2, 0.25) is 0 Å². The predicted molar refractivity (Wildman–Crippen MR) is 505 cm³/mol. The van der Waals surface area contributed by atoms with Gasteiger partial charge in [0.2, 0.25) is 0 Å². The van der Waals surface area contributed by atoms with Gasteiger partial charge in [0.15, 0.2) is 11.6 Å². The van der Waals surface area contributed by atoms with Crippen LogP contribution in [0.3, 0.4) is 0 Å². The van der Waals surface area contributed by atoms with Gasteiger partial charge in [0.25, 0.3) is 0 Å². The summed E-state index contributed by atoms with van der Waals surface area (Å²) in [6.07, 6.45) is 71.0. The molecule has 1 N–H and O–H groups in total. The van der Waals surface area contributed by atoms with Crippen LogP contribution >= 0.6 is 0 Å². The van der Waals surface area contributed by atoms with E-state index < -0.39 is 11.9 Å². The summed E-state index contributed by atoms with van der Waals surface area (Å²) in [6.45, 7) is 47.6. The Balaban J connectivity index is -0.000000963. The summed E-state index contributed by atoms with van der Waals surface area (Å²) in [5.41, 5.74) is 23.3. The van der Waals surface area contributed by atoms with Crippen molar-refractivity contribution in [2.24, 2.45) is 11.8 Å². The minimum Gasteiger partial charge on any atom is -0.870 e. The summed E-state index contributed by atoms with van der Waals surface area (Å²) in [7, 11) is 0. The maximum Gasteiger partial charge on any atom is 1.00 e. The third kappa shape index (κ3) is 53.0. The Morgan fingerprint density at radius 2 is 0.605 bits per heavy atom. The van der Waals surface area contributed by atoms with Crippen molar-refractivity contribution in [1.82, 2.24) is 0 Å². The van der Waals surface area contributed by atoms with E-state index in [1.807, 2.05) is 62.4 Å². The van der Waals surface area contributed by atoms with Crippen molar-refractivity contribution in [3.8, 4) is 11.5 Å². The molecule has 0 bridgehead atoms. The third-order valence-corrected chi connectivity index (χ3v) is 21.0. The number of hydrogen-bond acceptors (Lipinski definition) is 11. The van der Waals surface area contributed by atoms with Gasteiger partial charge in [-0.05, 0) is 303 Å². The molecule has 0 saturated carbocycles. The molecule has 656 valence electrons. The van der Waals surface area contributed by atoms with Gasteiger partial charge in [0.1, 0.15) is 11.5 Å². The molecule has 0 amide bonds. The molecule has 2 aromatic rings. The molecular weight excluding hydrogens is 1480 g/mol. The standard InChI is InChI=1S/C52H74O4.C46H66O2.C6H10O3.C2H3O.CH4.Na.H2O.H2/c1-12-49(53)55-51-45(11)46(52(56-50(54)13-2)48-35-15-14-34-47(48)51)37-36-44(10)33-21-32-43(9)31-20-30-42(8)29-19-28-41(7)27-18-26-40(6)25-17-24-39(5)23-16-22-38(3)4;1-34(2)18-12-19-35(3)20-13-21-36(4)22-14-23-37(5)24-15-25-38(6)26-16-27-39(7)28-17-29-40(8)32-33-42-41(9)45(47)43-30-10-11-31-44(43)46(42)48;1-3-5(7)9-6(8)4-2;1-2-3;;;;/h14-15,22,24,26,28,30,32,34-36H,12-13,16-21,23,25,27,29,31,33,37H2,1-11H3;10-11,18,20,22,24,26,28,30-32,43-44H,12-17,19,21,23,25,27,29,33H2,1-9H3;3-4H2,1-2H3;1H3;1H4;;1H2;1H/q;;;-1;;+1;;/p-1/b39-24+,40-26+,41-28+,42-30+,43-32+,44-36+;35-20+,36-22+,37-24+,38-26+,39-28+,40-32+;;;;;;/i;;;;;;;1+1. The molecule has 0 saturated heterocycles. The van der Waals surface area contributed by atoms with E-state index in [1.54, 1.807) is 27.7 Å². The number of rotatable bonds is 46. The Labute approximate surface area is 748 Å². The first-order chi connectivity index (χ1) is 55.2. The van der Waals surface area contributed by atoms with E-state index in [0.29, 0.717) is 35.5 Å². The summed E-state index contributed by atoms with van der Waals surface area (Å²) in [6, 6.07) is 7.67. The molecule has 4 rings (SSSR count). The Morgan fingerprint density at radius 3 is 0.874 bits per heavy atom. The van der Waals surface area contributed by atoms with Gasteiger partial charge < -0.3 is 24.5 Å². The van der Waals surface area contributed by atoms with Gasteiger partial charge >= 0.3 is 53.4 Å². The molecule has 0 radical (unpaired) electrons. The van der Waals surface area contributed by atoms with Gasteiger partial charge in [0.05, 0.1) is 11.8 Å². The Bertz CT molecular complexity index is 4030. The largest absolute Gasteiger partial charge is 1.00 e. The van der Waals surface area contributed by atoms with Crippen LogP contribution in [0.1, 0.15) is 359 Å². The molecule has 2 aliphatic carbocycles. The number of fused-ring (bicyclic) bond motifs is 2. The first-order valence-corrected chi connectivity index (χ1v) is 43.5. The quantitative estimate of drug-likeness (QED) is 0.0154. The van der Waals surface area contributed by atoms with Crippen LogP contribution in [0.15, 0.2) is 223 Å². The van der Waals surface area contributed by atoms with Crippen molar-refractivity contribution in [2.45, 2.75) is 359 Å². The normalized spacial score (nSPS) is 15.0. The average Bonchev–Trinajstić information content (AvgIpc) is 0.769. The van der Waals surface area contributed by atoms with Crippen molar-refractivity contribution in [1.29, 1.82) is 0 Å². The van der Waals surface area contributed by atoms with Gasteiger partial charge in [0, 0.05) is 49.0 Å². The fraction of sp³-hybridized carbons (Fsp3) is 0.523. The average molecular weight is 1650 g/mol. The fourth-order valence-corrected chi connectivity index (χ4v) is 13.3. The van der Waals surface area contributed by atoms with E-state index >= 15 is 0 Å². The molecule has 2 aromatic carbocycles. The summed E-state index contributed by atoms with van der Waals surface area (Å²) < 4.78 is 16.0. The SMILES string of the molecule is C.CC(C)=CCC/C(C)=C/CC/C(C)=C/CC/C(C)=C/CC/C(C)=C/CC/C(C)=C/CC/C(C)=C/CC1=C(C)C(=O)C2C=CC=CC2C1=O.CCC(=O)OC(=O)CC.CCC(=O)Oc1c(C)c(C/C=C(\C)CC/C=C(\C)CC/C=C(\C)CC/C=C(\C)CC/C=C(\C)CC/C=C(\C)CCC=C(C)C)c(OC(=O)CC)c2ccccc12.C[C-]=O.[2HH].[Na+].[OH-]. The minimum absolute atomic E-state index is 0. The second-order valence-corrected chi connectivity index (χ2v) is 32.4. The van der Waals surface area contributed by atoms with Crippen molar-refractivity contribution in [3.05, 3.63) is 234 Å². The Hall–Kier alpha value is -7.67. The monoisotopic (exact) mass is 1650 g/mol. The smallest absolute Gasteiger partial charge is 0.870 e. The first kappa shape index (κ1) is 115. The van der Waals surface area contributed by atoms with Crippen LogP contribution in [-0.4, -0.2) is 47.2 Å². The molecule has 0 aromatic heterocycles. The van der Waals surface area contributed by atoms with E-state index in [9.17, 15) is 28.8 Å². The Morgan fingerprint density at radius 1 is 0.370 bits per heavy atom. The van der Waals surface area contributed by atoms with Crippen LogP contribution < -0.4 is 39.0 Å². The molecule has 2 unspecified atom stereocenters. The van der Waals surface area contributed by atoms with E-state index in [2.05, 4.69) is 201 Å². The van der Waals surface area contributed by atoms with E-state index in [1.165, 1.54) is 110 Å². The maximum atomic E-state index is 13.1. The second kappa shape index (κ2) is 68.9. The van der Waals surface area contributed by atoms with Crippen molar-refractivity contribution >= 4 is 52.5 Å². The van der Waals surface area contributed by atoms with Crippen LogP contribution in [0, 0.1) is 18.8 Å². The molecule has 2 aliphatic rings. The van der Waals surface area contributed by atoms with E-state index in [4.69, 9.17) is 14.3 Å². The number of allylic oxidation sites excluding steroid dienone is 34. The fourth-order valence-electron chi connectivity index (χ4n) is 13.3. The molecule has 119 heavy (non-hydrogen) atoms. The zero-order valence-corrected chi connectivity index (χ0v) is 80.1. The minimum atomic E-state index is -0.457. The van der Waals surface area contributed by atoms with Gasteiger partial charge in [-0.1, -0.05) is 247 Å². The molecule has 0 heterocycles. The molecule has 11 nitrogen and oxygen atoms in total. The molecule has 12 heteroatoms. The molecule has 0 spiro atoms. The van der Waals surface area contributed by atoms with Crippen molar-refractivity contribution < 1.29 is 84.2 Å². The molecule has 0 fully saturated rings. The zero-order chi connectivity index (χ0) is 86.9. The van der Waals surface area contributed by atoms with Crippen LogP contribution in [0.25, 0.3) is 10.8 Å². The number of carbonyl (C=O) groups is 6. The molecular formula is C107H160NaO11-. The first-order valence-electron chi connectivity index (χ1n) is 43.5. The van der Waals surface area contributed by atoms with Crippen LogP contribution in [-0.2, 0) is 44.7 Å². The van der Waals surface area contributed by atoms with Gasteiger partial charge in [-0.3, -0.25) is 35.1 Å². The summed E-state index contributed by atoms with van der Waals surface area (Å²) in [5, 5.41) is 1.55. The van der Waals surface area contributed by atoms with Gasteiger partial charge in [-0.2, -0.15) is 6.92 Å². The van der Waals surface area contributed by atoms with Crippen LogP contribution in [0.5, 0.6) is 11.5 Å². The summed E-state index contributed by atoms with van der Waals surface area (Å²) in [5.74, 6) is -0.806. The number of ketones is 2. The molecule has 0 aliphatic heterocycles. The predicted octanol–water partition coefficient (Wildman–Crippen LogP) is 27.9. The number of carbonyl (C=O) groups excluding carboxylic acids is 7. The van der Waals surface area contributed by atoms with Crippen molar-refractivity contribution in [3.63, 3.8) is 0 Å². The number of Topliss-reactive ketones (excluding diaryl/α,β-unsaturated/α-hetero) is 2. The van der Waals surface area contributed by atoms with Crippen LogP contribution in [0.4, 0.5) is 0 Å². The van der Waals surface area contributed by atoms with Crippen molar-refractivity contribution in [2.75, 3.05) is 0 Å². The number of hydrogen-bond donors (Lipinski definition) is 0. The number of esters is 4. The zero-order valence-electron chi connectivity index (χ0n) is 78.1. The third-order valence-electron chi connectivity index (χ3n) is 21.0. The maximum absolute atomic E-state index is 13.1. The summed E-state index contributed by atoms with van der Waals surface area (Å²) in [4.78, 5) is 80.1. The van der Waals surface area contributed by atoms with E-state index in [0.717, 1.165) is 157 Å². The Kier molecular flexibility index (Phi) is 66.9. The van der Waals surface area contributed by atoms with Gasteiger partial charge in [-0.25, -0.2) is 0 Å². The van der Waals surface area contributed by atoms with Gasteiger partial charge in [-0.15, -0.1) is 0 Å². The number of benzene rings is 2. The molecule has 2 atom stereocenters. The number of ether oxygens (including phenoxy) is 3. The van der Waals surface area contributed by atoms with E-state index in [-0.39, 0.29) is 105 Å².